The molecule has 1 unspecified atom stereocenters. The van der Waals surface area contributed by atoms with Gasteiger partial charge in [0.2, 0.25) is 0 Å². The predicted molar refractivity (Wildman–Crippen MR) is 235 cm³/mol. The predicted octanol–water partition coefficient (Wildman–Crippen LogP) is 14.3. The fourth-order valence-corrected chi connectivity index (χ4v) is 10.2. The van der Waals surface area contributed by atoms with Crippen molar-refractivity contribution in [3.05, 3.63) is 192 Å². The molecule has 2 aromatic heterocycles. The van der Waals surface area contributed by atoms with Gasteiger partial charge in [-0.2, -0.15) is 0 Å². The first-order chi connectivity index (χ1) is 27.4. The van der Waals surface area contributed by atoms with Crippen molar-refractivity contribution in [1.29, 1.82) is 0 Å². The highest BCUT2D eigenvalue weighted by Gasteiger charge is 2.35. The lowest BCUT2D eigenvalue weighted by Gasteiger charge is -2.22. The maximum Gasteiger partial charge on any atom is 0.0801 e. The summed E-state index contributed by atoms with van der Waals surface area (Å²) in [6, 6.07) is 61.3. The minimum absolute atomic E-state index is 0.0587. The molecule has 2 aliphatic carbocycles. The molecule has 0 N–H and O–H groups in total. The van der Waals surface area contributed by atoms with Crippen molar-refractivity contribution in [3.63, 3.8) is 0 Å². The van der Waals surface area contributed by atoms with Crippen molar-refractivity contribution in [1.82, 2.24) is 9.55 Å². The van der Waals surface area contributed by atoms with Crippen molar-refractivity contribution in [2.45, 2.75) is 32.1 Å². The molecule has 0 saturated carbocycles. The van der Waals surface area contributed by atoms with Crippen LogP contribution in [0.15, 0.2) is 170 Å². The standard InChI is InChI=1S/C54H38N2/c1-32-39-12-4-5-13-40(39)41-23-19-35(28-44(32)41)36-21-25-49-45(29-36)46-30-37(38-20-24-43-42-14-6-7-15-47(42)54(2,3)48(43)31-38)22-26-50(46)56(49)51-16-8-10-33-17-18-34-11-9-27-55-53(34)52(33)51/h4-32H,1-3H3. The summed E-state index contributed by atoms with van der Waals surface area (Å²) in [7, 11) is 0. The van der Waals surface area contributed by atoms with E-state index in [4.69, 9.17) is 4.98 Å². The van der Waals surface area contributed by atoms with Crippen LogP contribution in [-0.2, 0) is 5.41 Å². The van der Waals surface area contributed by atoms with Crippen LogP contribution in [0.3, 0.4) is 0 Å². The molecule has 2 heterocycles. The van der Waals surface area contributed by atoms with Gasteiger partial charge in [0.25, 0.3) is 0 Å². The Morgan fingerprint density at radius 3 is 1.89 bits per heavy atom. The van der Waals surface area contributed by atoms with E-state index >= 15 is 0 Å². The Morgan fingerprint density at radius 1 is 0.482 bits per heavy atom. The zero-order chi connectivity index (χ0) is 37.3. The largest absolute Gasteiger partial charge is 0.309 e. The number of aromatic nitrogens is 2. The highest BCUT2D eigenvalue weighted by Crippen LogP contribution is 2.50. The molecule has 0 spiro atoms. The van der Waals surface area contributed by atoms with Crippen molar-refractivity contribution in [2.75, 3.05) is 0 Å². The zero-order valence-corrected chi connectivity index (χ0v) is 31.6. The minimum atomic E-state index is -0.0587. The van der Waals surface area contributed by atoms with Gasteiger partial charge in [0.05, 0.1) is 22.2 Å². The molecule has 56 heavy (non-hydrogen) atoms. The Balaban J connectivity index is 1.09. The number of fused-ring (bicyclic) bond motifs is 12. The molecule has 2 nitrogen and oxygen atoms in total. The van der Waals surface area contributed by atoms with Gasteiger partial charge < -0.3 is 4.57 Å². The van der Waals surface area contributed by atoms with Gasteiger partial charge >= 0.3 is 0 Å². The third-order valence-electron chi connectivity index (χ3n) is 13.1. The van der Waals surface area contributed by atoms with Crippen LogP contribution in [0, 0.1) is 0 Å². The van der Waals surface area contributed by atoms with Crippen LogP contribution in [0.4, 0.5) is 0 Å². The Hall–Kier alpha value is -6.77. The van der Waals surface area contributed by atoms with Crippen LogP contribution in [-0.4, -0.2) is 9.55 Å². The van der Waals surface area contributed by atoms with E-state index in [1.54, 1.807) is 0 Å². The van der Waals surface area contributed by atoms with Gasteiger partial charge in [0, 0.05) is 39.1 Å². The van der Waals surface area contributed by atoms with Gasteiger partial charge in [-0.05, 0) is 121 Å². The average molecular weight is 715 g/mol. The van der Waals surface area contributed by atoms with Crippen LogP contribution in [0.25, 0.3) is 93.7 Å². The van der Waals surface area contributed by atoms with E-state index in [-0.39, 0.29) is 5.41 Å². The molecular formula is C54H38N2. The topological polar surface area (TPSA) is 17.8 Å². The summed E-state index contributed by atoms with van der Waals surface area (Å²) in [4.78, 5) is 4.94. The first-order valence-corrected chi connectivity index (χ1v) is 19.8. The first kappa shape index (κ1) is 31.6. The fraction of sp³-hybridized carbons (Fsp3) is 0.0926. The molecule has 0 aliphatic heterocycles. The highest BCUT2D eigenvalue weighted by atomic mass is 15.0. The summed E-state index contributed by atoms with van der Waals surface area (Å²) >= 11 is 0. The normalized spacial score (nSPS) is 15.0. The summed E-state index contributed by atoms with van der Waals surface area (Å²) in [6.07, 6.45) is 1.91. The fourth-order valence-electron chi connectivity index (χ4n) is 10.2. The van der Waals surface area contributed by atoms with Gasteiger partial charge in [-0.1, -0.05) is 136 Å². The van der Waals surface area contributed by atoms with Gasteiger partial charge in [-0.3, -0.25) is 4.98 Å². The molecule has 0 fully saturated rings. The lowest BCUT2D eigenvalue weighted by Crippen LogP contribution is -2.14. The second-order valence-electron chi connectivity index (χ2n) is 16.4. The Bertz CT molecular complexity index is 3300. The van der Waals surface area contributed by atoms with Gasteiger partial charge in [-0.15, -0.1) is 0 Å². The van der Waals surface area contributed by atoms with Gasteiger partial charge in [0.1, 0.15) is 0 Å². The molecular weight excluding hydrogens is 677 g/mol. The molecule has 10 aromatic rings. The number of rotatable bonds is 3. The summed E-state index contributed by atoms with van der Waals surface area (Å²) in [5.41, 5.74) is 20.5. The molecule has 2 heteroatoms. The third kappa shape index (κ3) is 4.30. The Morgan fingerprint density at radius 2 is 1.09 bits per heavy atom. The lowest BCUT2D eigenvalue weighted by molar-refractivity contribution is 0.660. The lowest BCUT2D eigenvalue weighted by atomic mass is 9.81. The summed E-state index contributed by atoms with van der Waals surface area (Å²) in [5.74, 6) is 0.370. The van der Waals surface area contributed by atoms with Crippen molar-refractivity contribution < 1.29 is 0 Å². The number of benzene rings is 8. The molecule has 12 rings (SSSR count). The van der Waals surface area contributed by atoms with E-state index < -0.39 is 0 Å². The first-order valence-electron chi connectivity index (χ1n) is 19.8. The van der Waals surface area contributed by atoms with E-state index in [0.29, 0.717) is 5.92 Å². The molecule has 0 bridgehead atoms. The monoisotopic (exact) mass is 714 g/mol. The van der Waals surface area contributed by atoms with Crippen molar-refractivity contribution >= 4 is 43.5 Å². The Labute approximate surface area is 326 Å². The smallest absolute Gasteiger partial charge is 0.0801 e. The van der Waals surface area contributed by atoms with Gasteiger partial charge in [0.15, 0.2) is 0 Å². The molecule has 2 aliphatic rings. The molecule has 8 aromatic carbocycles. The minimum Gasteiger partial charge on any atom is -0.309 e. The zero-order valence-electron chi connectivity index (χ0n) is 31.6. The van der Waals surface area contributed by atoms with E-state index in [2.05, 4.69) is 183 Å². The maximum absolute atomic E-state index is 4.94. The maximum atomic E-state index is 4.94. The number of hydrogen-bond donors (Lipinski definition) is 0. The second kappa shape index (κ2) is 11.4. The van der Waals surface area contributed by atoms with Crippen LogP contribution in [0.2, 0.25) is 0 Å². The quantitative estimate of drug-likeness (QED) is 0.167. The Kier molecular flexibility index (Phi) is 6.42. The number of nitrogens with zero attached hydrogens (tertiary/aromatic N) is 2. The van der Waals surface area contributed by atoms with Crippen molar-refractivity contribution in [2.24, 2.45) is 0 Å². The van der Waals surface area contributed by atoms with Gasteiger partial charge in [-0.25, -0.2) is 0 Å². The van der Waals surface area contributed by atoms with Crippen LogP contribution < -0.4 is 0 Å². The van der Waals surface area contributed by atoms with Crippen LogP contribution >= 0.6 is 0 Å². The number of pyridine rings is 1. The SMILES string of the molecule is CC1c2ccccc2-c2ccc(-c3ccc4c(c3)c3cc(-c5ccc6c(c5)C(C)(C)c5ccccc5-6)ccc3n4-c3cccc4ccc5cccnc5c34)cc21. The molecule has 0 amide bonds. The summed E-state index contributed by atoms with van der Waals surface area (Å²) in [5, 5.41) is 5.99. The average Bonchev–Trinajstić information content (AvgIpc) is 3.81. The van der Waals surface area contributed by atoms with E-state index in [1.165, 1.54) is 99.3 Å². The van der Waals surface area contributed by atoms with Crippen molar-refractivity contribution in [3.8, 4) is 50.2 Å². The molecule has 0 radical (unpaired) electrons. The molecule has 1 atom stereocenters. The highest BCUT2D eigenvalue weighted by molar-refractivity contribution is 6.15. The second-order valence-corrected chi connectivity index (χ2v) is 16.4. The molecule has 264 valence electrons. The summed E-state index contributed by atoms with van der Waals surface area (Å²) < 4.78 is 2.47. The van der Waals surface area contributed by atoms with E-state index in [0.717, 1.165) is 16.6 Å². The number of hydrogen-bond acceptors (Lipinski definition) is 1. The van der Waals surface area contributed by atoms with E-state index in [9.17, 15) is 0 Å². The third-order valence-corrected chi connectivity index (χ3v) is 13.1. The van der Waals surface area contributed by atoms with E-state index in [1.807, 2.05) is 12.3 Å². The summed E-state index contributed by atoms with van der Waals surface area (Å²) in [6.45, 7) is 7.07. The van der Waals surface area contributed by atoms with Crippen LogP contribution in [0.5, 0.6) is 0 Å². The van der Waals surface area contributed by atoms with Crippen LogP contribution in [0.1, 0.15) is 48.9 Å². The molecule has 0 saturated heterocycles.